The monoisotopic (exact) mass is 435 g/mol. The maximum Gasteiger partial charge on any atom is 0.346 e. The summed E-state index contributed by atoms with van der Waals surface area (Å²) < 4.78 is 0. The number of hydrogen-bond donors (Lipinski definition) is 4. The molecule has 2 aromatic carbocycles. The molecule has 0 bridgehead atoms. The molecule has 0 aliphatic heterocycles. The van der Waals surface area contributed by atoms with Gasteiger partial charge >= 0.3 is 5.97 Å². The van der Waals surface area contributed by atoms with Crippen molar-refractivity contribution in [1.29, 1.82) is 0 Å². The van der Waals surface area contributed by atoms with E-state index in [-0.39, 0.29) is 33.6 Å². The van der Waals surface area contributed by atoms with E-state index in [1.54, 1.807) is 36.5 Å². The quantitative estimate of drug-likeness (QED) is 0.315. The average molecular weight is 436 g/mol. The van der Waals surface area contributed by atoms with Crippen LogP contribution in [0.2, 0.25) is 0 Å². The highest BCUT2D eigenvalue weighted by Crippen LogP contribution is 2.43. The second-order valence-corrected chi connectivity index (χ2v) is 8.54. The molecule has 4 rings (SSSR count). The minimum Gasteiger partial charge on any atom is -0.506 e. The minimum absolute atomic E-state index is 0.00807. The highest BCUT2D eigenvalue weighted by molar-refractivity contribution is 7.17. The summed E-state index contributed by atoms with van der Waals surface area (Å²) in [6, 6.07) is 14.3. The molecule has 0 amide bonds. The number of hydrogen-bond acceptors (Lipinski definition) is 5. The molecular weight excluding hydrogens is 414 g/mol. The molecule has 31 heavy (non-hydrogen) atoms. The van der Waals surface area contributed by atoms with Crippen LogP contribution in [0, 0.1) is 5.92 Å². The molecule has 1 unspecified atom stereocenters. The molecule has 0 saturated carbocycles. The molecule has 4 aromatic rings. The Morgan fingerprint density at radius 2 is 1.81 bits per heavy atom. The third-order valence-electron chi connectivity index (χ3n) is 5.27. The number of rotatable bonds is 7. The number of aromatic amines is 1. The number of aromatic carboxylic acids is 1. The molecule has 7 heteroatoms. The summed E-state index contributed by atoms with van der Waals surface area (Å²) in [4.78, 5) is 28.2. The number of nitrogens with one attached hydrogen (secondary N) is 1. The van der Waals surface area contributed by atoms with Gasteiger partial charge in [0.25, 0.3) is 0 Å². The minimum atomic E-state index is -1.20. The molecule has 0 aliphatic carbocycles. The van der Waals surface area contributed by atoms with Gasteiger partial charge in [-0.2, -0.15) is 0 Å². The van der Waals surface area contributed by atoms with Gasteiger partial charge in [-0.3, -0.25) is 4.79 Å². The largest absolute Gasteiger partial charge is 0.506 e. The van der Waals surface area contributed by atoms with Gasteiger partial charge in [0.2, 0.25) is 5.78 Å². The molecule has 0 saturated heterocycles. The normalized spacial score (nSPS) is 12.2. The number of carbonyl (C=O) groups excluding carboxylic acids is 1. The number of benzene rings is 2. The number of aliphatic hydroxyl groups is 1. The van der Waals surface area contributed by atoms with Gasteiger partial charge in [0.1, 0.15) is 15.5 Å². The van der Waals surface area contributed by atoms with Crippen LogP contribution in [0.15, 0.2) is 54.7 Å². The fourth-order valence-electron chi connectivity index (χ4n) is 3.74. The topological polar surface area (TPSA) is 111 Å². The number of para-hydroxylation sites is 1. The van der Waals surface area contributed by atoms with Crippen molar-refractivity contribution in [3.63, 3.8) is 0 Å². The highest BCUT2D eigenvalue weighted by Gasteiger charge is 2.29. The van der Waals surface area contributed by atoms with Crippen LogP contribution in [-0.2, 0) is 6.42 Å². The average Bonchev–Trinajstić information content (AvgIpc) is 3.36. The maximum absolute atomic E-state index is 13.3. The van der Waals surface area contributed by atoms with Gasteiger partial charge < -0.3 is 20.3 Å². The van der Waals surface area contributed by atoms with E-state index < -0.39 is 11.8 Å². The van der Waals surface area contributed by atoms with E-state index in [1.807, 2.05) is 25.1 Å². The third-order valence-corrected chi connectivity index (χ3v) is 6.44. The standard InChI is InChI=1S/C24H21NO5S/c1-13(12-26)10-15-8-5-9-16-17(11-25-19(15)16)20(27)23-21(28)18(22(31-23)24(29)30)14-6-3-2-4-7-14/h2-9,11,13,25-26,28H,10,12H2,1H3,(H,29,30). The number of aromatic nitrogens is 1. The summed E-state index contributed by atoms with van der Waals surface area (Å²) in [6.45, 7) is 2.00. The molecule has 0 fully saturated rings. The lowest BCUT2D eigenvalue weighted by molar-refractivity contribution is 0.0702. The third kappa shape index (κ3) is 3.73. The lowest BCUT2D eigenvalue weighted by Gasteiger charge is -2.09. The Morgan fingerprint density at radius 3 is 2.48 bits per heavy atom. The number of ketones is 1. The van der Waals surface area contributed by atoms with Crippen LogP contribution >= 0.6 is 11.3 Å². The van der Waals surface area contributed by atoms with E-state index in [2.05, 4.69) is 4.98 Å². The van der Waals surface area contributed by atoms with E-state index >= 15 is 0 Å². The van der Waals surface area contributed by atoms with Crippen LogP contribution in [0.4, 0.5) is 0 Å². The molecule has 6 nitrogen and oxygen atoms in total. The SMILES string of the molecule is CC(CO)Cc1cccc2c(C(=O)c3sc(C(=O)O)c(-c4ccccc4)c3O)c[nH]c12. The zero-order valence-electron chi connectivity index (χ0n) is 16.8. The molecule has 2 aromatic heterocycles. The first-order chi connectivity index (χ1) is 14.9. The first-order valence-corrected chi connectivity index (χ1v) is 10.6. The van der Waals surface area contributed by atoms with Crippen molar-refractivity contribution in [2.24, 2.45) is 5.92 Å². The van der Waals surface area contributed by atoms with Crippen LogP contribution < -0.4 is 0 Å². The van der Waals surface area contributed by atoms with E-state index in [9.17, 15) is 24.9 Å². The maximum atomic E-state index is 13.3. The van der Waals surface area contributed by atoms with Crippen LogP contribution in [-0.4, -0.2) is 38.7 Å². The Morgan fingerprint density at radius 1 is 1.06 bits per heavy atom. The Bertz CT molecular complexity index is 1270. The highest BCUT2D eigenvalue weighted by atomic mass is 32.1. The second kappa shape index (κ2) is 8.37. The molecule has 0 aliphatic rings. The summed E-state index contributed by atoms with van der Waals surface area (Å²) in [7, 11) is 0. The Kier molecular flexibility index (Phi) is 5.63. The number of carboxylic acid groups (broad SMARTS) is 1. The van der Waals surface area contributed by atoms with Crippen LogP contribution in [0.3, 0.4) is 0 Å². The number of carboxylic acids is 1. The number of thiophene rings is 1. The van der Waals surface area contributed by atoms with Crippen molar-refractivity contribution in [3.8, 4) is 16.9 Å². The van der Waals surface area contributed by atoms with Crippen molar-refractivity contribution in [2.75, 3.05) is 6.61 Å². The molecule has 4 N–H and O–H groups in total. The predicted molar refractivity (Wildman–Crippen MR) is 120 cm³/mol. The van der Waals surface area contributed by atoms with Gasteiger partial charge in [-0.05, 0) is 23.5 Å². The summed E-state index contributed by atoms with van der Waals surface area (Å²) in [5.74, 6) is -1.89. The van der Waals surface area contributed by atoms with Crippen LogP contribution in [0.25, 0.3) is 22.0 Å². The summed E-state index contributed by atoms with van der Waals surface area (Å²) >= 11 is 0.776. The van der Waals surface area contributed by atoms with Crippen molar-refractivity contribution in [1.82, 2.24) is 4.98 Å². The summed E-state index contributed by atoms with van der Waals surface area (Å²) in [6.07, 6.45) is 2.23. The fraction of sp³-hybridized carbons (Fsp3) is 0.167. The number of carbonyl (C=O) groups is 2. The van der Waals surface area contributed by atoms with Crippen molar-refractivity contribution < 1.29 is 24.9 Å². The zero-order chi connectivity index (χ0) is 22.1. The van der Waals surface area contributed by atoms with E-state index in [0.29, 0.717) is 22.9 Å². The van der Waals surface area contributed by atoms with Crippen molar-refractivity contribution >= 4 is 34.0 Å². The number of fused-ring (bicyclic) bond motifs is 1. The van der Waals surface area contributed by atoms with E-state index in [1.165, 1.54) is 0 Å². The fourth-order valence-corrected chi connectivity index (χ4v) is 4.75. The number of aliphatic hydroxyl groups excluding tert-OH is 1. The zero-order valence-corrected chi connectivity index (χ0v) is 17.6. The molecule has 158 valence electrons. The molecule has 1 atom stereocenters. The lowest BCUT2D eigenvalue weighted by atomic mass is 9.98. The Labute approximate surface area is 182 Å². The van der Waals surface area contributed by atoms with E-state index in [0.717, 1.165) is 22.4 Å². The van der Waals surface area contributed by atoms with Gasteiger partial charge in [0.05, 0.1) is 0 Å². The smallest absolute Gasteiger partial charge is 0.346 e. The van der Waals surface area contributed by atoms with Gasteiger partial charge in [0, 0.05) is 34.8 Å². The first kappa shape index (κ1) is 20.8. The molecular formula is C24H21NO5S. The second-order valence-electron chi connectivity index (χ2n) is 7.52. The number of H-pyrrole nitrogens is 1. The van der Waals surface area contributed by atoms with Gasteiger partial charge in [-0.15, -0.1) is 11.3 Å². The van der Waals surface area contributed by atoms with Crippen LogP contribution in [0.1, 0.15) is 37.4 Å². The molecule has 0 radical (unpaired) electrons. The van der Waals surface area contributed by atoms with E-state index in [4.69, 9.17) is 0 Å². The predicted octanol–water partition coefficient (Wildman–Crippen LogP) is 4.70. The Balaban J connectivity index is 1.82. The Hall–Kier alpha value is -3.42. The van der Waals surface area contributed by atoms with Gasteiger partial charge in [-0.25, -0.2) is 4.79 Å². The summed E-state index contributed by atoms with van der Waals surface area (Å²) in [5.41, 5.74) is 2.82. The summed E-state index contributed by atoms with van der Waals surface area (Å²) in [5, 5.41) is 30.6. The number of aromatic hydroxyl groups is 1. The van der Waals surface area contributed by atoms with Gasteiger partial charge in [0.15, 0.2) is 0 Å². The lowest BCUT2D eigenvalue weighted by Crippen LogP contribution is -2.05. The van der Waals surface area contributed by atoms with Crippen molar-refractivity contribution in [2.45, 2.75) is 13.3 Å². The first-order valence-electron chi connectivity index (χ1n) is 9.81. The van der Waals surface area contributed by atoms with Crippen molar-refractivity contribution in [3.05, 3.63) is 75.6 Å². The molecule has 0 spiro atoms. The van der Waals surface area contributed by atoms with Gasteiger partial charge in [-0.1, -0.05) is 55.5 Å². The molecule has 2 heterocycles. The van der Waals surface area contributed by atoms with Crippen LogP contribution in [0.5, 0.6) is 5.75 Å².